The average Bonchev–Trinajstić information content (AvgIpc) is 2.33. The zero-order valence-electron chi connectivity index (χ0n) is 12.8. The summed E-state index contributed by atoms with van der Waals surface area (Å²) in [7, 11) is 0. The highest BCUT2D eigenvalue weighted by Gasteiger charge is 2.32. The predicted molar refractivity (Wildman–Crippen MR) is 76.9 cm³/mol. The molecular weight excluding hydrogens is 242 g/mol. The Bertz CT molecular complexity index is 281. The molecule has 0 spiro atoms. The lowest BCUT2D eigenvalue weighted by Gasteiger charge is -2.38. The van der Waals surface area contributed by atoms with Gasteiger partial charge in [0.1, 0.15) is 5.60 Å². The van der Waals surface area contributed by atoms with E-state index in [1.807, 2.05) is 20.8 Å². The summed E-state index contributed by atoms with van der Waals surface area (Å²) in [6.45, 7) is 9.72. The van der Waals surface area contributed by atoms with E-state index in [0.717, 1.165) is 45.2 Å². The van der Waals surface area contributed by atoms with Gasteiger partial charge in [0.15, 0.2) is 0 Å². The van der Waals surface area contributed by atoms with Crippen molar-refractivity contribution in [3.8, 4) is 0 Å². The lowest BCUT2D eigenvalue weighted by Crippen LogP contribution is -2.61. The molecule has 1 atom stereocenters. The quantitative estimate of drug-likeness (QED) is 0.672. The summed E-state index contributed by atoms with van der Waals surface area (Å²) in [5.41, 5.74) is 5.41. The number of hydrogen-bond acceptors (Lipinski definition) is 4. The van der Waals surface area contributed by atoms with Gasteiger partial charge in [-0.3, -0.25) is 5.43 Å². The van der Waals surface area contributed by atoms with E-state index in [9.17, 15) is 4.79 Å². The van der Waals surface area contributed by atoms with Crippen LogP contribution in [0.2, 0.25) is 0 Å². The van der Waals surface area contributed by atoms with Gasteiger partial charge in [0.05, 0.1) is 0 Å². The Morgan fingerprint density at radius 2 is 2.16 bits per heavy atom. The second kappa shape index (κ2) is 7.10. The van der Waals surface area contributed by atoms with E-state index in [2.05, 4.69) is 23.1 Å². The molecule has 0 bridgehead atoms. The fourth-order valence-corrected chi connectivity index (χ4v) is 2.35. The molecule has 0 radical (unpaired) electrons. The van der Waals surface area contributed by atoms with Crippen molar-refractivity contribution in [1.29, 1.82) is 0 Å². The van der Waals surface area contributed by atoms with Crippen LogP contribution in [0.4, 0.5) is 4.79 Å². The number of rotatable bonds is 5. The molecule has 19 heavy (non-hydrogen) atoms. The van der Waals surface area contributed by atoms with Crippen molar-refractivity contribution in [2.45, 2.75) is 70.9 Å². The molecule has 1 aliphatic heterocycles. The first kappa shape index (κ1) is 16.2. The zero-order valence-corrected chi connectivity index (χ0v) is 12.8. The largest absolute Gasteiger partial charge is 0.443 e. The summed E-state index contributed by atoms with van der Waals surface area (Å²) in [4.78, 5) is 11.7. The maximum atomic E-state index is 11.7. The smallest absolute Gasteiger partial charge is 0.422 e. The number of ether oxygens (including phenoxy) is 1. The number of nitrogens with one attached hydrogen (secondary N) is 3. The van der Waals surface area contributed by atoms with E-state index in [0.29, 0.717) is 0 Å². The Labute approximate surface area is 116 Å². The van der Waals surface area contributed by atoms with E-state index in [4.69, 9.17) is 4.74 Å². The van der Waals surface area contributed by atoms with Crippen molar-refractivity contribution >= 4 is 6.09 Å². The number of amides is 1. The van der Waals surface area contributed by atoms with E-state index in [1.54, 1.807) is 0 Å². The van der Waals surface area contributed by atoms with E-state index < -0.39 is 11.7 Å². The number of hydrazine groups is 1. The fraction of sp³-hybridized carbons (Fsp3) is 0.929. The molecule has 3 N–H and O–H groups in total. The van der Waals surface area contributed by atoms with Crippen molar-refractivity contribution < 1.29 is 9.53 Å². The Morgan fingerprint density at radius 3 is 2.68 bits per heavy atom. The monoisotopic (exact) mass is 271 g/mol. The van der Waals surface area contributed by atoms with Crippen LogP contribution in [-0.2, 0) is 4.74 Å². The molecule has 5 nitrogen and oxygen atoms in total. The lowest BCUT2D eigenvalue weighted by atomic mass is 9.86. The number of carbonyl (C=O) groups excluding carboxylic acids is 1. The third-order valence-electron chi connectivity index (χ3n) is 3.31. The van der Waals surface area contributed by atoms with Gasteiger partial charge in [-0.05, 0) is 46.6 Å². The van der Waals surface area contributed by atoms with Crippen LogP contribution >= 0.6 is 0 Å². The Balaban J connectivity index is 2.46. The summed E-state index contributed by atoms with van der Waals surface area (Å²) in [6, 6.07) is 0. The summed E-state index contributed by atoms with van der Waals surface area (Å²) < 4.78 is 5.25. The first-order chi connectivity index (χ1) is 8.87. The van der Waals surface area contributed by atoms with E-state index >= 15 is 0 Å². The summed E-state index contributed by atoms with van der Waals surface area (Å²) in [5.74, 6) is 0. The molecule has 0 aromatic heterocycles. The standard InChI is InChI=1S/C14H29N3O2/c1-5-6-8-14(9-7-10-15-11-14)17-16-12(18)19-13(2,3)4/h15,17H,5-11H2,1-4H3,(H,16,18). The fourth-order valence-electron chi connectivity index (χ4n) is 2.35. The lowest BCUT2D eigenvalue weighted by molar-refractivity contribution is 0.0446. The van der Waals surface area contributed by atoms with Crippen LogP contribution in [0.15, 0.2) is 0 Å². The van der Waals surface area contributed by atoms with Crippen molar-refractivity contribution in [1.82, 2.24) is 16.2 Å². The molecule has 0 aromatic rings. The second-order valence-electron chi connectivity index (χ2n) is 6.42. The topological polar surface area (TPSA) is 62.4 Å². The van der Waals surface area contributed by atoms with Gasteiger partial charge in [-0.25, -0.2) is 10.2 Å². The van der Waals surface area contributed by atoms with Crippen molar-refractivity contribution in [2.75, 3.05) is 13.1 Å². The van der Waals surface area contributed by atoms with Gasteiger partial charge < -0.3 is 10.1 Å². The molecule has 1 unspecified atom stereocenters. The van der Waals surface area contributed by atoms with Crippen molar-refractivity contribution in [2.24, 2.45) is 0 Å². The van der Waals surface area contributed by atoms with E-state index in [-0.39, 0.29) is 5.54 Å². The van der Waals surface area contributed by atoms with Gasteiger partial charge in [-0.2, -0.15) is 0 Å². The maximum Gasteiger partial charge on any atom is 0.422 e. The normalized spacial score (nSPS) is 24.0. The Kier molecular flexibility index (Phi) is 6.07. The number of unbranched alkanes of at least 4 members (excludes halogenated alkanes) is 1. The number of hydrogen-bond donors (Lipinski definition) is 3. The van der Waals surface area contributed by atoms with E-state index in [1.165, 1.54) is 0 Å². The average molecular weight is 271 g/mol. The molecule has 112 valence electrons. The highest BCUT2D eigenvalue weighted by atomic mass is 16.6. The van der Waals surface area contributed by atoms with Gasteiger partial charge >= 0.3 is 6.09 Å². The highest BCUT2D eigenvalue weighted by molar-refractivity contribution is 5.67. The van der Waals surface area contributed by atoms with Crippen molar-refractivity contribution in [3.05, 3.63) is 0 Å². The summed E-state index contributed by atoms with van der Waals surface area (Å²) in [6.07, 6.45) is 5.18. The molecule has 1 rings (SSSR count). The number of piperidine rings is 1. The van der Waals surface area contributed by atoms with Crippen LogP contribution in [0, 0.1) is 0 Å². The Morgan fingerprint density at radius 1 is 1.42 bits per heavy atom. The molecule has 1 aliphatic rings. The van der Waals surface area contributed by atoms with Gasteiger partial charge in [0, 0.05) is 12.1 Å². The van der Waals surface area contributed by atoms with Crippen molar-refractivity contribution in [3.63, 3.8) is 0 Å². The van der Waals surface area contributed by atoms with Crippen LogP contribution in [0.1, 0.15) is 59.8 Å². The summed E-state index contributed by atoms with van der Waals surface area (Å²) >= 11 is 0. The molecule has 5 heteroatoms. The van der Waals surface area contributed by atoms with Gasteiger partial charge in [-0.1, -0.05) is 19.8 Å². The second-order valence-corrected chi connectivity index (χ2v) is 6.42. The van der Waals surface area contributed by atoms with Crippen LogP contribution in [-0.4, -0.2) is 30.3 Å². The minimum Gasteiger partial charge on any atom is -0.443 e. The molecule has 1 heterocycles. The first-order valence-electron chi connectivity index (χ1n) is 7.34. The van der Waals surface area contributed by atoms with Gasteiger partial charge in [-0.15, -0.1) is 0 Å². The summed E-state index contributed by atoms with van der Waals surface area (Å²) in [5, 5.41) is 3.40. The van der Waals surface area contributed by atoms with Crippen LogP contribution in [0.25, 0.3) is 0 Å². The minimum absolute atomic E-state index is 0.0365. The first-order valence-corrected chi connectivity index (χ1v) is 7.34. The van der Waals surface area contributed by atoms with Crippen LogP contribution in [0.3, 0.4) is 0 Å². The van der Waals surface area contributed by atoms with Gasteiger partial charge in [0.2, 0.25) is 0 Å². The number of carbonyl (C=O) groups is 1. The predicted octanol–water partition coefficient (Wildman–Crippen LogP) is 2.33. The van der Waals surface area contributed by atoms with Crippen LogP contribution in [0.5, 0.6) is 0 Å². The molecule has 1 saturated heterocycles. The molecule has 1 amide bonds. The molecule has 0 aromatic carbocycles. The van der Waals surface area contributed by atoms with Crippen LogP contribution < -0.4 is 16.2 Å². The molecule has 0 saturated carbocycles. The molecule has 1 fully saturated rings. The third kappa shape index (κ3) is 6.25. The zero-order chi connectivity index (χ0) is 14.4. The molecular formula is C14H29N3O2. The van der Waals surface area contributed by atoms with Gasteiger partial charge in [0.25, 0.3) is 0 Å². The Hall–Kier alpha value is -0.810. The SMILES string of the molecule is CCCCC1(NNC(=O)OC(C)(C)C)CCCNC1. The maximum absolute atomic E-state index is 11.7. The minimum atomic E-state index is -0.465. The highest BCUT2D eigenvalue weighted by Crippen LogP contribution is 2.22. The third-order valence-corrected chi connectivity index (χ3v) is 3.31. The molecule has 0 aliphatic carbocycles.